The smallest absolute Gasteiger partial charge is 0.413 e. The van der Waals surface area contributed by atoms with Crippen LogP contribution in [0.1, 0.15) is 28.8 Å². The average Bonchev–Trinajstić information content (AvgIpc) is 3.24. The Bertz CT molecular complexity index is 983. The molecule has 1 N–H and O–H groups in total. The molecule has 1 aromatic carbocycles. The topological polar surface area (TPSA) is 86.4 Å². The van der Waals surface area contributed by atoms with Crippen molar-refractivity contribution in [2.24, 2.45) is 0 Å². The van der Waals surface area contributed by atoms with Crippen molar-refractivity contribution in [2.45, 2.75) is 20.1 Å². The van der Waals surface area contributed by atoms with Gasteiger partial charge >= 0.3 is 6.09 Å². The van der Waals surface area contributed by atoms with Gasteiger partial charge in [-0.05, 0) is 24.3 Å². The molecule has 2 aromatic heterocycles. The fourth-order valence-electron chi connectivity index (χ4n) is 2.25. The number of ether oxygens (including phenoxy) is 1. The number of carbonyl (C=O) groups excluding carboxylic acids is 2. The van der Waals surface area contributed by atoms with Gasteiger partial charge in [0.15, 0.2) is 17.4 Å². The van der Waals surface area contributed by atoms with Gasteiger partial charge in [0.25, 0.3) is 0 Å². The molecule has 140 valence electrons. The molecule has 7 nitrogen and oxygen atoms in total. The minimum atomic E-state index is -0.725. The summed E-state index contributed by atoms with van der Waals surface area (Å²) >= 11 is 5.88. The molecule has 3 rings (SSSR count). The van der Waals surface area contributed by atoms with Crippen molar-refractivity contribution in [1.82, 2.24) is 9.78 Å². The van der Waals surface area contributed by atoms with Crippen LogP contribution in [0.4, 0.5) is 15.0 Å². The molecule has 0 saturated heterocycles. The highest BCUT2D eigenvalue weighted by molar-refractivity contribution is 6.31. The molecule has 0 aliphatic heterocycles. The zero-order valence-electron chi connectivity index (χ0n) is 14.2. The van der Waals surface area contributed by atoms with Crippen molar-refractivity contribution in [3.05, 3.63) is 70.5 Å². The quantitative estimate of drug-likeness (QED) is 0.634. The van der Waals surface area contributed by atoms with E-state index in [9.17, 15) is 14.0 Å². The number of amides is 1. The van der Waals surface area contributed by atoms with E-state index in [1.165, 1.54) is 23.7 Å². The normalized spacial score (nSPS) is 10.6. The molecule has 0 unspecified atom stereocenters. The van der Waals surface area contributed by atoms with E-state index < -0.39 is 11.9 Å². The third-order valence-electron chi connectivity index (χ3n) is 3.57. The van der Waals surface area contributed by atoms with E-state index >= 15 is 0 Å². The third kappa shape index (κ3) is 4.95. The van der Waals surface area contributed by atoms with E-state index in [-0.39, 0.29) is 29.0 Å². The van der Waals surface area contributed by atoms with Crippen LogP contribution in [-0.4, -0.2) is 21.7 Å². The SMILES string of the molecule is CC(=O)c1ccc(Cn2ccc(NC(=O)OCc3ccc(F)cc3Cl)n2)o1. The highest BCUT2D eigenvalue weighted by atomic mass is 35.5. The maximum absolute atomic E-state index is 13.0. The summed E-state index contributed by atoms with van der Waals surface area (Å²) in [4.78, 5) is 23.1. The first-order chi connectivity index (χ1) is 12.9. The van der Waals surface area contributed by atoms with Crippen molar-refractivity contribution >= 4 is 29.3 Å². The summed E-state index contributed by atoms with van der Waals surface area (Å²) in [5, 5.41) is 6.82. The van der Waals surface area contributed by atoms with Crippen LogP contribution in [0.5, 0.6) is 0 Å². The summed E-state index contributed by atoms with van der Waals surface area (Å²) in [7, 11) is 0. The molecule has 27 heavy (non-hydrogen) atoms. The van der Waals surface area contributed by atoms with Crippen LogP contribution in [0.3, 0.4) is 0 Å². The van der Waals surface area contributed by atoms with Crippen molar-refractivity contribution in [3.63, 3.8) is 0 Å². The van der Waals surface area contributed by atoms with E-state index in [1.807, 2.05) is 0 Å². The average molecular weight is 392 g/mol. The van der Waals surface area contributed by atoms with E-state index in [2.05, 4.69) is 10.4 Å². The summed E-state index contributed by atoms with van der Waals surface area (Å²) in [5.74, 6) is 0.490. The molecule has 0 spiro atoms. The first-order valence-electron chi connectivity index (χ1n) is 7.91. The Morgan fingerprint density at radius 2 is 2.11 bits per heavy atom. The molecule has 2 heterocycles. The molecule has 9 heteroatoms. The van der Waals surface area contributed by atoms with Crippen molar-refractivity contribution in [2.75, 3.05) is 5.32 Å². The van der Waals surface area contributed by atoms with E-state index in [0.29, 0.717) is 17.9 Å². The molecule has 0 fully saturated rings. The molecular formula is C18H15ClFN3O4. The van der Waals surface area contributed by atoms with Gasteiger partial charge in [-0.1, -0.05) is 17.7 Å². The van der Waals surface area contributed by atoms with E-state index in [4.69, 9.17) is 20.8 Å². The Balaban J connectivity index is 1.53. The van der Waals surface area contributed by atoms with Gasteiger partial charge in [0.1, 0.15) is 18.2 Å². The fraction of sp³-hybridized carbons (Fsp3) is 0.167. The predicted octanol–water partition coefficient (Wildman–Crippen LogP) is 4.27. The largest absolute Gasteiger partial charge is 0.456 e. The number of hydrogen-bond acceptors (Lipinski definition) is 5. The zero-order chi connectivity index (χ0) is 19.4. The molecule has 0 atom stereocenters. The second-order valence-electron chi connectivity index (χ2n) is 5.66. The summed E-state index contributed by atoms with van der Waals surface area (Å²) in [6, 6.07) is 8.69. The summed E-state index contributed by atoms with van der Waals surface area (Å²) < 4.78 is 25.0. The molecule has 0 bridgehead atoms. The molecule has 0 aliphatic carbocycles. The number of nitrogens with one attached hydrogen (secondary N) is 1. The third-order valence-corrected chi connectivity index (χ3v) is 3.92. The number of aromatic nitrogens is 2. The van der Waals surface area contributed by atoms with Crippen LogP contribution in [0.15, 0.2) is 47.0 Å². The number of hydrogen-bond donors (Lipinski definition) is 1. The first-order valence-corrected chi connectivity index (χ1v) is 8.29. The van der Waals surface area contributed by atoms with Gasteiger partial charge in [-0.3, -0.25) is 14.8 Å². The zero-order valence-corrected chi connectivity index (χ0v) is 15.0. The highest BCUT2D eigenvalue weighted by Gasteiger charge is 2.10. The minimum absolute atomic E-state index is 0.105. The first kappa shape index (κ1) is 18.7. The number of anilines is 1. The fourth-order valence-corrected chi connectivity index (χ4v) is 2.47. The molecular weight excluding hydrogens is 377 g/mol. The summed E-state index contributed by atoms with van der Waals surface area (Å²) in [6.07, 6.45) is 0.917. The van der Waals surface area contributed by atoms with Crippen molar-refractivity contribution in [1.29, 1.82) is 0 Å². The monoisotopic (exact) mass is 391 g/mol. The molecule has 0 aliphatic rings. The highest BCUT2D eigenvalue weighted by Crippen LogP contribution is 2.18. The molecule has 0 saturated carbocycles. The number of nitrogens with zero attached hydrogens (tertiary/aromatic N) is 2. The van der Waals surface area contributed by atoms with Crippen molar-refractivity contribution in [3.8, 4) is 0 Å². The van der Waals surface area contributed by atoms with Crippen LogP contribution in [0.25, 0.3) is 0 Å². The lowest BCUT2D eigenvalue weighted by atomic mass is 10.2. The second kappa shape index (κ2) is 8.05. The van der Waals surface area contributed by atoms with Gasteiger partial charge in [0, 0.05) is 24.8 Å². The van der Waals surface area contributed by atoms with Crippen molar-refractivity contribution < 1.29 is 23.1 Å². The lowest BCUT2D eigenvalue weighted by molar-refractivity contribution is 0.0985. The van der Waals surface area contributed by atoms with Crippen LogP contribution in [-0.2, 0) is 17.9 Å². The van der Waals surface area contributed by atoms with Gasteiger partial charge in [-0.2, -0.15) is 5.10 Å². The van der Waals surface area contributed by atoms with Gasteiger partial charge < -0.3 is 9.15 Å². The molecule has 3 aromatic rings. The lowest BCUT2D eigenvalue weighted by Crippen LogP contribution is -2.14. The Kier molecular flexibility index (Phi) is 5.56. The van der Waals surface area contributed by atoms with Crippen LogP contribution in [0.2, 0.25) is 5.02 Å². The standard InChI is InChI=1S/C18H15ClFN3O4/c1-11(24)16-5-4-14(27-16)9-23-7-6-17(22-23)21-18(25)26-10-12-2-3-13(20)8-15(12)19/h2-8H,9-10H2,1H3,(H,21,22,25). The minimum Gasteiger partial charge on any atom is -0.456 e. The Labute approximate surface area is 158 Å². The summed E-state index contributed by atoms with van der Waals surface area (Å²) in [5.41, 5.74) is 0.484. The number of benzene rings is 1. The number of ketones is 1. The predicted molar refractivity (Wildman–Crippen MR) is 95.3 cm³/mol. The van der Waals surface area contributed by atoms with Gasteiger partial charge in [0.2, 0.25) is 0 Å². The van der Waals surface area contributed by atoms with Crippen LogP contribution < -0.4 is 5.32 Å². The number of rotatable bonds is 6. The van der Waals surface area contributed by atoms with E-state index in [0.717, 1.165) is 6.07 Å². The Hall–Kier alpha value is -3.13. The second-order valence-corrected chi connectivity index (χ2v) is 6.06. The Morgan fingerprint density at radius 3 is 2.81 bits per heavy atom. The van der Waals surface area contributed by atoms with Gasteiger partial charge in [0.05, 0.1) is 11.6 Å². The maximum atomic E-state index is 13.0. The van der Waals surface area contributed by atoms with Crippen LogP contribution in [0, 0.1) is 5.82 Å². The van der Waals surface area contributed by atoms with Gasteiger partial charge in [-0.15, -0.1) is 0 Å². The summed E-state index contributed by atoms with van der Waals surface area (Å²) in [6.45, 7) is 1.62. The number of Topliss-reactive ketones (excluding diaryl/α,β-unsaturated/α-hetero) is 1. The maximum Gasteiger partial charge on any atom is 0.413 e. The molecule has 0 radical (unpaired) electrons. The van der Waals surface area contributed by atoms with E-state index in [1.54, 1.807) is 24.4 Å². The number of furan rings is 1. The van der Waals surface area contributed by atoms with Gasteiger partial charge in [-0.25, -0.2) is 9.18 Å². The molecule has 1 amide bonds. The lowest BCUT2D eigenvalue weighted by Gasteiger charge is -2.07. The Morgan fingerprint density at radius 1 is 1.30 bits per heavy atom. The number of carbonyl (C=O) groups is 2. The number of halogens is 2. The van der Waals surface area contributed by atoms with Crippen LogP contribution >= 0.6 is 11.6 Å².